The molecule has 4 nitrogen and oxygen atoms in total. The summed E-state index contributed by atoms with van der Waals surface area (Å²) in [7, 11) is 0. The van der Waals surface area contributed by atoms with Crippen molar-refractivity contribution in [3.8, 4) is 0 Å². The van der Waals surface area contributed by atoms with Crippen LogP contribution in [0.5, 0.6) is 0 Å². The third kappa shape index (κ3) is 5.59. The number of halogens is 1. The van der Waals surface area contributed by atoms with E-state index in [1.54, 1.807) is 4.90 Å². The molecule has 0 atom stereocenters. The maximum Gasteiger partial charge on any atom is 0.242 e. The lowest BCUT2D eigenvalue weighted by atomic mass is 10.0. The summed E-state index contributed by atoms with van der Waals surface area (Å²) in [6.07, 6.45) is 2.77. The molecule has 0 saturated carbocycles. The Labute approximate surface area is 139 Å². The first kappa shape index (κ1) is 20.9. The number of nitrogens with zero attached hydrogens (tertiary/aromatic N) is 1. The van der Waals surface area contributed by atoms with Crippen LogP contribution in [-0.2, 0) is 22.4 Å². The minimum Gasteiger partial charge on any atom is -0.380 e. The summed E-state index contributed by atoms with van der Waals surface area (Å²) in [4.78, 5) is 14.0. The van der Waals surface area contributed by atoms with Crippen LogP contribution in [0.15, 0.2) is 18.2 Å². The molecule has 0 aromatic heterocycles. The van der Waals surface area contributed by atoms with E-state index < -0.39 is 0 Å². The van der Waals surface area contributed by atoms with E-state index in [1.165, 1.54) is 11.1 Å². The van der Waals surface area contributed by atoms with Crippen molar-refractivity contribution in [2.45, 2.75) is 40.0 Å². The number of para-hydroxylation sites is 1. The summed E-state index contributed by atoms with van der Waals surface area (Å²) < 4.78 is 5.54. The lowest BCUT2D eigenvalue weighted by Crippen LogP contribution is -2.36. The second-order valence-electron chi connectivity index (χ2n) is 4.92. The quantitative estimate of drug-likeness (QED) is 0.551. The number of anilines is 1. The third-order valence-electron chi connectivity index (χ3n) is 3.46. The number of aryl methyl sites for hydroxylation is 2. The van der Waals surface area contributed by atoms with Gasteiger partial charge >= 0.3 is 0 Å². The Kier molecular flexibility index (Phi) is 10.9. The van der Waals surface area contributed by atoms with Crippen molar-refractivity contribution in [2.24, 2.45) is 0 Å². The number of alkyl halides is 1. The van der Waals surface area contributed by atoms with Crippen molar-refractivity contribution >= 4 is 23.2 Å². The molecule has 0 saturated heterocycles. The summed E-state index contributed by atoms with van der Waals surface area (Å²) in [5.41, 5.74) is 3.39. The average Bonchev–Trinajstić information content (AvgIpc) is 2.53. The first-order valence-electron chi connectivity index (χ1n) is 7.74. The Morgan fingerprint density at radius 2 is 1.73 bits per heavy atom. The highest BCUT2D eigenvalue weighted by molar-refractivity contribution is 6.29. The second kappa shape index (κ2) is 11.5. The van der Waals surface area contributed by atoms with Crippen LogP contribution in [0.4, 0.5) is 5.69 Å². The van der Waals surface area contributed by atoms with Gasteiger partial charge in [-0.2, -0.15) is 0 Å². The number of carbonyl (C=O) groups is 1. The topological polar surface area (TPSA) is 64.5 Å². The molecule has 0 aliphatic carbocycles. The van der Waals surface area contributed by atoms with Crippen molar-refractivity contribution in [1.29, 1.82) is 0 Å². The molecule has 1 amide bonds. The van der Waals surface area contributed by atoms with E-state index in [1.807, 2.05) is 0 Å². The fourth-order valence-corrected chi connectivity index (χ4v) is 2.54. The highest BCUT2D eigenvalue weighted by Gasteiger charge is 2.19. The third-order valence-corrected chi connectivity index (χ3v) is 3.69. The monoisotopic (exact) mass is 328 g/mol. The summed E-state index contributed by atoms with van der Waals surface area (Å²) in [6, 6.07) is 6.21. The number of amides is 1. The molecular formula is C17H29ClN2O2. The maximum absolute atomic E-state index is 12.3. The van der Waals surface area contributed by atoms with E-state index in [-0.39, 0.29) is 17.9 Å². The number of benzene rings is 1. The van der Waals surface area contributed by atoms with Gasteiger partial charge in [0.25, 0.3) is 0 Å². The Bertz CT molecular complexity index is 430. The minimum atomic E-state index is -0.0626. The highest BCUT2D eigenvalue weighted by atomic mass is 35.5. The minimum absolute atomic E-state index is 0. The summed E-state index contributed by atoms with van der Waals surface area (Å²) in [5.74, 6) is -0.0676. The Balaban J connectivity index is 0.00000441. The van der Waals surface area contributed by atoms with Crippen LogP contribution in [0.3, 0.4) is 0 Å². The van der Waals surface area contributed by atoms with Gasteiger partial charge in [0.05, 0.1) is 12.3 Å². The summed E-state index contributed by atoms with van der Waals surface area (Å²) in [5, 5.41) is 0. The lowest BCUT2D eigenvalue weighted by molar-refractivity contribution is -0.116. The smallest absolute Gasteiger partial charge is 0.242 e. The molecule has 0 aliphatic heterocycles. The van der Waals surface area contributed by atoms with Gasteiger partial charge in [-0.3, -0.25) is 4.79 Å². The molecule has 1 rings (SSSR count). The van der Waals surface area contributed by atoms with Crippen molar-refractivity contribution in [3.63, 3.8) is 0 Å². The van der Waals surface area contributed by atoms with Crippen LogP contribution in [-0.4, -0.2) is 31.5 Å². The molecule has 3 N–H and O–H groups in total. The zero-order valence-corrected chi connectivity index (χ0v) is 14.8. The van der Waals surface area contributed by atoms with Crippen molar-refractivity contribution < 1.29 is 9.53 Å². The van der Waals surface area contributed by atoms with Gasteiger partial charge in [-0.1, -0.05) is 39.0 Å². The molecule has 5 heteroatoms. The van der Waals surface area contributed by atoms with Crippen LogP contribution in [0.25, 0.3) is 0 Å². The Hall–Kier alpha value is -1.10. The van der Waals surface area contributed by atoms with Crippen LogP contribution < -0.4 is 11.1 Å². The first-order valence-corrected chi connectivity index (χ1v) is 8.27. The molecule has 0 spiro atoms. The van der Waals surface area contributed by atoms with Crippen molar-refractivity contribution in [2.75, 3.05) is 30.5 Å². The van der Waals surface area contributed by atoms with Gasteiger partial charge in [0.2, 0.25) is 5.91 Å². The predicted molar refractivity (Wildman–Crippen MR) is 94.4 cm³/mol. The summed E-state index contributed by atoms with van der Waals surface area (Å²) >= 11 is 5.80. The Morgan fingerprint density at radius 3 is 2.18 bits per heavy atom. The summed E-state index contributed by atoms with van der Waals surface area (Å²) in [6.45, 7) is 8.10. The molecule has 0 aliphatic rings. The SMILES string of the molecule is CCCOCCN(C(=O)CCl)c1c(CC)cccc1CC.N. The fourth-order valence-electron chi connectivity index (χ4n) is 2.40. The van der Waals surface area contributed by atoms with Crippen molar-refractivity contribution in [3.05, 3.63) is 29.3 Å². The van der Waals surface area contributed by atoms with Gasteiger partial charge < -0.3 is 15.8 Å². The average molecular weight is 329 g/mol. The van der Waals surface area contributed by atoms with Gasteiger partial charge in [-0.25, -0.2) is 0 Å². The van der Waals surface area contributed by atoms with Gasteiger partial charge in [0, 0.05) is 13.2 Å². The molecule has 0 heterocycles. The van der Waals surface area contributed by atoms with E-state index in [4.69, 9.17) is 16.3 Å². The van der Waals surface area contributed by atoms with E-state index in [0.29, 0.717) is 13.2 Å². The largest absolute Gasteiger partial charge is 0.380 e. The number of hydrogen-bond donors (Lipinski definition) is 1. The second-order valence-corrected chi connectivity index (χ2v) is 5.19. The number of rotatable bonds is 9. The van der Waals surface area contributed by atoms with E-state index >= 15 is 0 Å². The van der Waals surface area contributed by atoms with Gasteiger partial charge in [0.1, 0.15) is 5.88 Å². The van der Waals surface area contributed by atoms with Crippen LogP contribution in [0.2, 0.25) is 0 Å². The standard InChI is InChI=1S/C17H26ClNO2.H3N/c1-4-11-21-12-10-19(16(20)13-18)17-14(5-2)8-7-9-15(17)6-3;/h7-9H,4-6,10-13H2,1-3H3;1H3. The zero-order chi connectivity index (χ0) is 15.7. The van der Waals surface area contributed by atoms with Crippen LogP contribution in [0.1, 0.15) is 38.3 Å². The molecule has 1 aromatic carbocycles. The van der Waals surface area contributed by atoms with Gasteiger partial charge in [-0.15, -0.1) is 11.6 Å². The number of carbonyl (C=O) groups excluding carboxylic acids is 1. The van der Waals surface area contributed by atoms with Crippen molar-refractivity contribution in [1.82, 2.24) is 6.15 Å². The lowest BCUT2D eigenvalue weighted by Gasteiger charge is -2.27. The first-order chi connectivity index (χ1) is 10.2. The molecule has 22 heavy (non-hydrogen) atoms. The molecule has 0 radical (unpaired) electrons. The zero-order valence-electron chi connectivity index (χ0n) is 14.0. The Morgan fingerprint density at radius 1 is 1.14 bits per heavy atom. The van der Waals surface area contributed by atoms with E-state index in [0.717, 1.165) is 31.6 Å². The molecule has 0 unspecified atom stereocenters. The maximum atomic E-state index is 12.3. The predicted octanol–water partition coefficient (Wildman–Crippen LogP) is 3.97. The number of hydrogen-bond acceptors (Lipinski definition) is 3. The van der Waals surface area contributed by atoms with Crippen LogP contribution in [0, 0.1) is 0 Å². The van der Waals surface area contributed by atoms with E-state index in [2.05, 4.69) is 39.0 Å². The van der Waals surface area contributed by atoms with Gasteiger partial charge in [-0.05, 0) is 30.4 Å². The normalized spacial score (nSPS) is 10.2. The van der Waals surface area contributed by atoms with E-state index in [9.17, 15) is 4.79 Å². The van der Waals surface area contributed by atoms with Crippen LogP contribution >= 0.6 is 11.6 Å². The molecule has 1 aromatic rings. The number of ether oxygens (including phenoxy) is 1. The molecule has 0 bridgehead atoms. The molecular weight excluding hydrogens is 300 g/mol. The fraction of sp³-hybridized carbons (Fsp3) is 0.588. The molecule has 126 valence electrons. The molecule has 0 fully saturated rings. The highest BCUT2D eigenvalue weighted by Crippen LogP contribution is 2.27. The van der Waals surface area contributed by atoms with Gasteiger partial charge in [0.15, 0.2) is 0 Å².